The molecule has 0 bridgehead atoms. The zero-order chi connectivity index (χ0) is 31.4. The van der Waals surface area contributed by atoms with Crippen molar-refractivity contribution in [1.82, 2.24) is 4.57 Å². The van der Waals surface area contributed by atoms with E-state index in [4.69, 9.17) is 0 Å². The van der Waals surface area contributed by atoms with Crippen LogP contribution in [-0.4, -0.2) is 19.5 Å². The van der Waals surface area contributed by atoms with Gasteiger partial charge in [-0.25, -0.2) is 0 Å². The summed E-state index contributed by atoms with van der Waals surface area (Å²) in [6.45, 7) is 21.5. The average molecular weight is 601 g/mol. The normalized spacial score (nSPS) is 15.8. The number of aryl methyl sites for hydroxylation is 1. The highest BCUT2D eigenvalue weighted by atomic mass is 28.3. The smallest absolute Gasteiger partial charge is 0.333 e. The van der Waals surface area contributed by atoms with Crippen molar-refractivity contribution in [2.24, 2.45) is 0 Å². The maximum Gasteiger partial charge on any atom is 0.333 e. The van der Waals surface area contributed by atoms with Crippen LogP contribution in [0.25, 0.3) is 38.6 Å². The first-order valence-electron chi connectivity index (χ1n) is 16.6. The highest BCUT2D eigenvalue weighted by molar-refractivity contribution is 7.05. The largest absolute Gasteiger partial charge is 0.377 e. The van der Waals surface area contributed by atoms with E-state index in [-0.39, 0.29) is 17.7 Å². The van der Waals surface area contributed by atoms with Gasteiger partial charge in [0.1, 0.15) is 8.07 Å². The van der Waals surface area contributed by atoms with Gasteiger partial charge < -0.3 is 9.38 Å². The van der Waals surface area contributed by atoms with Gasteiger partial charge in [-0.1, -0.05) is 109 Å². The van der Waals surface area contributed by atoms with Gasteiger partial charge in [0.05, 0.1) is 11.0 Å². The second kappa shape index (κ2) is 8.41. The molecule has 9 rings (SSSR count). The molecule has 4 heterocycles. The van der Waals surface area contributed by atoms with Gasteiger partial charge in [0.25, 0.3) is 0 Å². The molecule has 4 heteroatoms. The summed E-state index contributed by atoms with van der Waals surface area (Å²) in [6, 6.07) is 33.7. The molecule has 6 aromatic rings. The Morgan fingerprint density at radius 3 is 2.11 bits per heavy atom. The molecule has 0 aliphatic carbocycles. The summed E-state index contributed by atoms with van der Waals surface area (Å²) >= 11 is 0. The number of fused-ring (bicyclic) bond motifs is 9. The number of hydrogen-bond acceptors (Lipinski definition) is 1. The van der Waals surface area contributed by atoms with E-state index >= 15 is 0 Å². The van der Waals surface area contributed by atoms with Crippen LogP contribution in [0.5, 0.6) is 0 Å². The van der Waals surface area contributed by atoms with E-state index in [2.05, 4.69) is 156 Å². The van der Waals surface area contributed by atoms with Gasteiger partial charge in [-0.05, 0) is 91.6 Å². The fourth-order valence-electron chi connectivity index (χ4n) is 8.71. The average Bonchev–Trinajstić information content (AvgIpc) is 3.32. The van der Waals surface area contributed by atoms with E-state index in [1.54, 1.807) is 5.19 Å². The maximum atomic E-state index is 2.75. The number of nitrogens with zero attached hydrogens (tertiary/aromatic N) is 2. The third kappa shape index (κ3) is 3.41. The zero-order valence-electron chi connectivity index (χ0n) is 28.1. The van der Waals surface area contributed by atoms with Crippen LogP contribution in [0.4, 0.5) is 11.4 Å². The summed E-state index contributed by atoms with van der Waals surface area (Å²) in [5, 5.41) is 5.84. The molecular weight excluding hydrogens is 559 g/mol. The second-order valence-corrected chi connectivity index (χ2v) is 20.7. The molecular formula is C41H41BN2Si. The lowest BCUT2D eigenvalue weighted by molar-refractivity contribution is 0.590. The van der Waals surface area contributed by atoms with Crippen molar-refractivity contribution in [3.8, 4) is 16.8 Å². The summed E-state index contributed by atoms with van der Waals surface area (Å²) < 4.78 is 2.62. The van der Waals surface area contributed by atoms with Crippen molar-refractivity contribution in [3.63, 3.8) is 0 Å². The van der Waals surface area contributed by atoms with E-state index in [9.17, 15) is 0 Å². The van der Waals surface area contributed by atoms with Crippen molar-refractivity contribution in [1.29, 1.82) is 0 Å². The van der Waals surface area contributed by atoms with Crippen LogP contribution in [0.15, 0.2) is 84.9 Å². The number of aromatic nitrogens is 1. The quantitative estimate of drug-likeness (QED) is 0.160. The SMILES string of the molecule is Cc1cc2c3c(c1)-n1c4ccc(C(C)(C)C)cc4c4cc(C(C)(C)C)cc(c41)B3N1c3ccccc3[Si](C)(C)c3cccc-2c31. The minimum Gasteiger partial charge on any atom is -0.377 e. The Hall–Kier alpha value is -4.02. The molecule has 0 spiro atoms. The summed E-state index contributed by atoms with van der Waals surface area (Å²) in [7, 11) is -1.93. The predicted molar refractivity (Wildman–Crippen MR) is 199 cm³/mol. The molecule has 0 radical (unpaired) electrons. The molecule has 0 saturated carbocycles. The molecule has 222 valence electrons. The Bertz CT molecular complexity index is 2290. The topological polar surface area (TPSA) is 8.17 Å². The number of rotatable bonds is 0. The molecule has 0 N–H and O–H groups in total. The van der Waals surface area contributed by atoms with Crippen LogP contribution in [0, 0.1) is 6.92 Å². The third-order valence-electron chi connectivity index (χ3n) is 11.1. The van der Waals surface area contributed by atoms with Crippen molar-refractivity contribution in [2.75, 3.05) is 4.81 Å². The number of hydrogen-bond donors (Lipinski definition) is 0. The van der Waals surface area contributed by atoms with Gasteiger partial charge in [-0.3, -0.25) is 0 Å². The second-order valence-electron chi connectivity index (χ2n) is 16.4. The maximum absolute atomic E-state index is 2.75. The van der Waals surface area contributed by atoms with Crippen LogP contribution < -0.4 is 26.1 Å². The number of para-hydroxylation sites is 2. The summed E-state index contributed by atoms with van der Waals surface area (Å²) in [4.78, 5) is 2.75. The Morgan fingerprint density at radius 1 is 0.644 bits per heavy atom. The molecule has 0 fully saturated rings. The summed E-state index contributed by atoms with van der Waals surface area (Å²) in [5.41, 5.74) is 16.7. The highest BCUT2D eigenvalue weighted by Crippen LogP contribution is 2.47. The van der Waals surface area contributed by atoms with Gasteiger partial charge in [0.15, 0.2) is 0 Å². The molecule has 0 amide bonds. The van der Waals surface area contributed by atoms with Gasteiger partial charge in [0.2, 0.25) is 0 Å². The number of benzene rings is 5. The summed E-state index contributed by atoms with van der Waals surface area (Å²) in [6.07, 6.45) is 0. The fourth-order valence-corrected chi connectivity index (χ4v) is 11.7. The molecule has 0 atom stereocenters. The number of anilines is 2. The van der Waals surface area contributed by atoms with Crippen molar-refractivity contribution in [3.05, 3.63) is 102 Å². The van der Waals surface area contributed by atoms with Crippen molar-refractivity contribution >= 4 is 69.4 Å². The Kier molecular flexibility index (Phi) is 5.10. The summed E-state index contributed by atoms with van der Waals surface area (Å²) in [5.74, 6) is 0. The molecule has 3 aliphatic rings. The standard InChI is InChI=1S/C41H41BN2Si/c1-24-19-29-27-13-12-16-36-39(27)44(33-14-10-11-15-35(33)45(36,8)9)42-31-23-26(41(5,6)7)22-30-28-21-25(40(2,3)4)17-18-32(28)43(38(30)31)34(20-24)37(29)42/h10-23H,1-9H3. The molecule has 5 aromatic carbocycles. The van der Waals surface area contributed by atoms with E-state index in [0.717, 1.165) is 0 Å². The van der Waals surface area contributed by atoms with Crippen LogP contribution in [0.3, 0.4) is 0 Å². The first-order valence-corrected chi connectivity index (χ1v) is 19.6. The molecule has 45 heavy (non-hydrogen) atoms. The van der Waals surface area contributed by atoms with Crippen LogP contribution >= 0.6 is 0 Å². The molecule has 0 saturated heterocycles. The molecule has 2 nitrogen and oxygen atoms in total. The van der Waals surface area contributed by atoms with Crippen molar-refractivity contribution < 1.29 is 0 Å². The minimum absolute atomic E-state index is 0.0174. The lowest BCUT2D eigenvalue weighted by atomic mass is 9.43. The van der Waals surface area contributed by atoms with Gasteiger partial charge in [-0.15, -0.1) is 0 Å². The fraction of sp³-hybridized carbons (Fsp3) is 0.268. The van der Waals surface area contributed by atoms with Gasteiger partial charge in [0, 0.05) is 33.4 Å². The lowest BCUT2D eigenvalue weighted by Crippen LogP contribution is -2.68. The zero-order valence-corrected chi connectivity index (χ0v) is 29.1. The van der Waals surface area contributed by atoms with Gasteiger partial charge >= 0.3 is 6.85 Å². The lowest BCUT2D eigenvalue weighted by Gasteiger charge is -2.49. The van der Waals surface area contributed by atoms with Gasteiger partial charge in [-0.2, -0.15) is 0 Å². The van der Waals surface area contributed by atoms with E-state index in [0.29, 0.717) is 0 Å². The molecule has 3 aliphatic heterocycles. The molecule has 1 aromatic heterocycles. The monoisotopic (exact) mass is 600 g/mol. The van der Waals surface area contributed by atoms with Crippen LogP contribution in [0.2, 0.25) is 13.1 Å². The Balaban J connectivity index is 1.51. The Labute approximate surface area is 268 Å². The molecule has 0 unspecified atom stereocenters. The van der Waals surface area contributed by atoms with Crippen LogP contribution in [-0.2, 0) is 10.8 Å². The van der Waals surface area contributed by atoms with E-state index in [1.807, 2.05) is 0 Å². The van der Waals surface area contributed by atoms with Crippen LogP contribution in [0.1, 0.15) is 58.2 Å². The minimum atomic E-state index is -1.93. The first-order chi connectivity index (χ1) is 21.3. The highest BCUT2D eigenvalue weighted by Gasteiger charge is 2.49. The van der Waals surface area contributed by atoms with E-state index in [1.165, 1.54) is 82.8 Å². The van der Waals surface area contributed by atoms with E-state index < -0.39 is 8.07 Å². The predicted octanol–water partition coefficient (Wildman–Crippen LogP) is 8.06. The third-order valence-corrected chi connectivity index (χ3v) is 14.6. The van der Waals surface area contributed by atoms with Crippen molar-refractivity contribution in [2.45, 2.75) is 72.4 Å². The first kappa shape index (κ1) is 27.3. The Morgan fingerprint density at radius 2 is 1.36 bits per heavy atom.